The van der Waals surface area contributed by atoms with Crippen LogP contribution in [-0.2, 0) is 16.1 Å². The Labute approximate surface area is 121 Å². The average Bonchev–Trinajstić information content (AvgIpc) is 3.19. The summed E-state index contributed by atoms with van der Waals surface area (Å²) in [5, 5.41) is 6.67. The second kappa shape index (κ2) is 6.21. The first-order valence-corrected chi connectivity index (χ1v) is 6.76. The highest BCUT2D eigenvalue weighted by molar-refractivity contribution is 6.39. The van der Waals surface area contributed by atoms with Crippen LogP contribution in [0.3, 0.4) is 0 Å². The number of aromatic nitrogens is 1. The van der Waals surface area contributed by atoms with Gasteiger partial charge in [-0.3, -0.25) is 9.78 Å². The van der Waals surface area contributed by atoms with E-state index in [1.807, 2.05) is 18.2 Å². The van der Waals surface area contributed by atoms with E-state index < -0.39 is 0 Å². The lowest BCUT2D eigenvalue weighted by atomic mass is 10.1. The van der Waals surface area contributed by atoms with Crippen molar-refractivity contribution in [2.75, 3.05) is 6.54 Å². The van der Waals surface area contributed by atoms with Crippen molar-refractivity contribution < 1.29 is 14.0 Å². The predicted molar refractivity (Wildman–Crippen MR) is 75.5 cm³/mol. The monoisotopic (exact) mass is 285 g/mol. The van der Waals surface area contributed by atoms with Crippen LogP contribution in [-0.4, -0.2) is 23.1 Å². The van der Waals surface area contributed by atoms with E-state index in [-0.39, 0.29) is 12.0 Å². The van der Waals surface area contributed by atoms with E-state index in [4.69, 9.17) is 9.25 Å². The standard InChI is InChI=1S/C15H15N3O3/c19-15(17-8-5-11-3-6-16-7-4-11)12-10-14(21-18-12)13-2-1-9-20-13/h1-4,6-7,9,14H,5,8,10H2,(H,17,19). The zero-order chi connectivity index (χ0) is 14.5. The predicted octanol–water partition coefficient (Wildman–Crippen LogP) is 1.85. The van der Waals surface area contributed by atoms with Crippen molar-refractivity contribution in [2.45, 2.75) is 18.9 Å². The second-order valence-corrected chi connectivity index (χ2v) is 4.71. The highest BCUT2D eigenvalue weighted by atomic mass is 16.6. The van der Waals surface area contributed by atoms with Crippen LogP contribution in [0.15, 0.2) is 52.5 Å². The normalized spacial score (nSPS) is 17.1. The maximum atomic E-state index is 12.0. The van der Waals surface area contributed by atoms with E-state index >= 15 is 0 Å². The lowest BCUT2D eigenvalue weighted by Gasteiger charge is -2.05. The molecule has 3 heterocycles. The van der Waals surface area contributed by atoms with E-state index in [2.05, 4.69) is 15.5 Å². The molecule has 6 nitrogen and oxygen atoms in total. The summed E-state index contributed by atoms with van der Waals surface area (Å²) in [6.07, 6.45) is 5.92. The molecule has 3 rings (SSSR count). The molecule has 0 bridgehead atoms. The van der Waals surface area contributed by atoms with Gasteiger partial charge in [0.25, 0.3) is 5.91 Å². The van der Waals surface area contributed by atoms with Crippen molar-refractivity contribution in [1.29, 1.82) is 0 Å². The van der Waals surface area contributed by atoms with Crippen LogP contribution >= 0.6 is 0 Å². The fourth-order valence-electron chi connectivity index (χ4n) is 2.11. The lowest BCUT2D eigenvalue weighted by Crippen LogP contribution is -2.32. The molecule has 1 N–H and O–H groups in total. The van der Waals surface area contributed by atoms with Gasteiger partial charge in [-0.1, -0.05) is 5.16 Å². The zero-order valence-corrected chi connectivity index (χ0v) is 11.4. The Morgan fingerprint density at radius 2 is 2.19 bits per heavy atom. The van der Waals surface area contributed by atoms with Crippen molar-refractivity contribution in [1.82, 2.24) is 10.3 Å². The molecular formula is C15H15N3O3. The molecule has 1 amide bonds. The Morgan fingerprint density at radius 3 is 2.95 bits per heavy atom. The molecule has 0 fully saturated rings. The maximum Gasteiger partial charge on any atom is 0.269 e. The number of oxime groups is 1. The molecule has 1 aliphatic rings. The molecule has 0 aromatic carbocycles. The minimum atomic E-state index is -0.305. The van der Waals surface area contributed by atoms with E-state index in [1.165, 1.54) is 0 Å². The summed E-state index contributed by atoms with van der Waals surface area (Å²) in [7, 11) is 0. The van der Waals surface area contributed by atoms with Crippen molar-refractivity contribution in [3.8, 4) is 0 Å². The third kappa shape index (κ3) is 3.28. The van der Waals surface area contributed by atoms with Crippen molar-refractivity contribution in [3.05, 3.63) is 54.2 Å². The largest absolute Gasteiger partial charge is 0.465 e. The topological polar surface area (TPSA) is 76.7 Å². The first-order chi connectivity index (χ1) is 10.3. The van der Waals surface area contributed by atoms with E-state index in [0.29, 0.717) is 24.4 Å². The molecule has 1 aliphatic heterocycles. The van der Waals surface area contributed by atoms with Gasteiger partial charge >= 0.3 is 0 Å². The first-order valence-electron chi connectivity index (χ1n) is 6.76. The molecule has 21 heavy (non-hydrogen) atoms. The minimum Gasteiger partial charge on any atom is -0.465 e. The summed E-state index contributed by atoms with van der Waals surface area (Å²) >= 11 is 0. The van der Waals surface area contributed by atoms with Gasteiger partial charge in [0.1, 0.15) is 11.5 Å². The van der Waals surface area contributed by atoms with Gasteiger partial charge in [0, 0.05) is 25.4 Å². The van der Waals surface area contributed by atoms with Gasteiger partial charge in [-0.25, -0.2) is 0 Å². The number of carbonyl (C=O) groups excluding carboxylic acids is 1. The Kier molecular flexibility index (Phi) is 3.95. The molecule has 2 aromatic rings. The summed E-state index contributed by atoms with van der Waals surface area (Å²) in [5.41, 5.74) is 1.52. The smallest absolute Gasteiger partial charge is 0.269 e. The summed E-state index contributed by atoms with van der Waals surface area (Å²) in [6, 6.07) is 7.44. The Balaban J connectivity index is 1.46. The summed E-state index contributed by atoms with van der Waals surface area (Å²) in [6.45, 7) is 0.549. The molecular weight excluding hydrogens is 270 g/mol. The number of rotatable bonds is 5. The fraction of sp³-hybridized carbons (Fsp3) is 0.267. The Bertz CT molecular complexity index is 623. The van der Waals surface area contributed by atoms with E-state index in [0.717, 1.165) is 12.0 Å². The molecule has 1 unspecified atom stereocenters. The number of pyridine rings is 1. The highest BCUT2D eigenvalue weighted by Gasteiger charge is 2.28. The van der Waals surface area contributed by atoms with E-state index in [1.54, 1.807) is 24.7 Å². The SMILES string of the molecule is O=C(NCCc1ccncc1)C1=NOC(c2ccco2)C1. The molecule has 0 radical (unpaired) electrons. The number of carbonyl (C=O) groups is 1. The second-order valence-electron chi connectivity index (χ2n) is 4.71. The Hall–Kier alpha value is -2.63. The number of hydrogen-bond donors (Lipinski definition) is 1. The molecule has 0 saturated heterocycles. The van der Waals surface area contributed by atoms with Gasteiger partial charge in [0.05, 0.1) is 6.26 Å². The Morgan fingerprint density at radius 1 is 1.33 bits per heavy atom. The molecule has 6 heteroatoms. The molecule has 0 aliphatic carbocycles. The van der Waals surface area contributed by atoms with Gasteiger partial charge in [-0.15, -0.1) is 0 Å². The number of nitrogens with one attached hydrogen (secondary N) is 1. The van der Waals surface area contributed by atoms with Gasteiger partial charge in [0.2, 0.25) is 0 Å². The fourth-order valence-corrected chi connectivity index (χ4v) is 2.11. The number of furan rings is 1. The molecule has 108 valence electrons. The molecule has 1 atom stereocenters. The van der Waals surface area contributed by atoms with Crippen LogP contribution in [0.1, 0.15) is 23.8 Å². The zero-order valence-electron chi connectivity index (χ0n) is 11.4. The highest BCUT2D eigenvalue weighted by Crippen LogP contribution is 2.27. The van der Waals surface area contributed by atoms with E-state index in [9.17, 15) is 4.79 Å². The summed E-state index contributed by atoms with van der Waals surface area (Å²) in [4.78, 5) is 21.2. The quantitative estimate of drug-likeness (QED) is 0.909. The van der Waals surface area contributed by atoms with Crippen LogP contribution in [0.5, 0.6) is 0 Å². The van der Waals surface area contributed by atoms with Crippen molar-refractivity contribution in [2.24, 2.45) is 5.16 Å². The average molecular weight is 285 g/mol. The molecule has 0 saturated carbocycles. The van der Waals surface area contributed by atoms with Crippen LogP contribution in [0.4, 0.5) is 0 Å². The van der Waals surface area contributed by atoms with Crippen molar-refractivity contribution in [3.63, 3.8) is 0 Å². The number of nitrogens with zero attached hydrogens (tertiary/aromatic N) is 2. The van der Waals surface area contributed by atoms with Gasteiger partial charge in [-0.2, -0.15) is 0 Å². The van der Waals surface area contributed by atoms with Gasteiger partial charge < -0.3 is 14.6 Å². The summed E-state index contributed by atoms with van der Waals surface area (Å²) < 4.78 is 5.25. The number of amides is 1. The third-order valence-electron chi connectivity index (χ3n) is 3.24. The van der Waals surface area contributed by atoms with Crippen LogP contribution in [0.2, 0.25) is 0 Å². The van der Waals surface area contributed by atoms with Gasteiger partial charge in [-0.05, 0) is 36.2 Å². The maximum absolute atomic E-state index is 12.0. The third-order valence-corrected chi connectivity index (χ3v) is 3.24. The molecule has 2 aromatic heterocycles. The lowest BCUT2D eigenvalue weighted by molar-refractivity contribution is -0.114. The van der Waals surface area contributed by atoms with Crippen LogP contribution in [0, 0.1) is 0 Å². The van der Waals surface area contributed by atoms with Crippen LogP contribution < -0.4 is 5.32 Å². The van der Waals surface area contributed by atoms with Gasteiger partial charge in [0.15, 0.2) is 6.10 Å². The van der Waals surface area contributed by atoms with Crippen molar-refractivity contribution >= 4 is 11.6 Å². The molecule has 0 spiro atoms. The summed E-state index contributed by atoms with van der Waals surface area (Å²) in [5.74, 6) is 0.483. The van der Waals surface area contributed by atoms with Crippen LogP contribution in [0.25, 0.3) is 0 Å². The minimum absolute atomic E-state index is 0.196. The number of hydrogen-bond acceptors (Lipinski definition) is 5. The first kappa shape index (κ1) is 13.4.